The first-order chi connectivity index (χ1) is 25.5. The highest BCUT2D eigenvalue weighted by Gasteiger charge is 2.30. The first-order valence-electron chi connectivity index (χ1n) is 17.8. The molecule has 0 aromatic carbocycles. The van der Waals surface area contributed by atoms with Crippen molar-refractivity contribution in [1.82, 2.24) is 48.9 Å². The second-order valence-electron chi connectivity index (χ2n) is 14.0. The Morgan fingerprint density at radius 3 is 1.79 bits per heavy atom. The van der Waals surface area contributed by atoms with Gasteiger partial charge in [0, 0.05) is 49.1 Å². The van der Waals surface area contributed by atoms with Crippen LogP contribution in [0.3, 0.4) is 0 Å². The van der Waals surface area contributed by atoms with Crippen LogP contribution in [0.1, 0.15) is 82.0 Å². The number of carbonyl (C=O) groups excluding carboxylic acids is 1. The van der Waals surface area contributed by atoms with Crippen molar-refractivity contribution in [3.8, 4) is 0 Å². The summed E-state index contributed by atoms with van der Waals surface area (Å²) in [5, 5.41) is 15.0. The fraction of sp³-hybridized carbons (Fsp3) is 0.545. The number of nitrogens with one attached hydrogen (secondary N) is 1. The molecule has 8 rings (SSSR count). The first kappa shape index (κ1) is 37.1. The fourth-order valence-corrected chi connectivity index (χ4v) is 8.60. The Morgan fingerprint density at radius 1 is 0.774 bits per heavy atom. The molecule has 3 fully saturated rings. The van der Waals surface area contributed by atoms with E-state index in [9.17, 15) is 9.59 Å². The predicted molar refractivity (Wildman–Crippen MR) is 202 cm³/mol. The molecular formula is C33H42Cl2N14O3S. The number of nitrogens with two attached hydrogens (primary N) is 3. The monoisotopic (exact) mass is 784 g/mol. The molecule has 17 nitrogen and oxygen atoms in total. The van der Waals surface area contributed by atoms with Gasteiger partial charge in [0.15, 0.2) is 28.1 Å². The van der Waals surface area contributed by atoms with Gasteiger partial charge in [0.2, 0.25) is 16.5 Å². The van der Waals surface area contributed by atoms with Crippen molar-refractivity contribution in [1.29, 1.82) is 0 Å². The Kier molecular flexibility index (Phi) is 11.2. The van der Waals surface area contributed by atoms with E-state index in [0.29, 0.717) is 46.3 Å². The molecule has 282 valence electrons. The lowest BCUT2D eigenvalue weighted by atomic mass is 9.85. The van der Waals surface area contributed by atoms with Gasteiger partial charge in [-0.1, -0.05) is 0 Å². The Balaban J connectivity index is 0.000000186. The number of hydrogen-bond donors (Lipinski definition) is 5. The van der Waals surface area contributed by atoms with Gasteiger partial charge in [-0.3, -0.25) is 14.5 Å². The van der Waals surface area contributed by atoms with Crippen LogP contribution < -0.4 is 22.5 Å². The molecule has 1 amide bonds. The van der Waals surface area contributed by atoms with Crippen LogP contribution >= 0.6 is 34.5 Å². The van der Waals surface area contributed by atoms with Crippen LogP contribution in [-0.2, 0) is 16.1 Å². The molecule has 6 heterocycles. The minimum atomic E-state index is -0.714. The smallest absolute Gasteiger partial charge is 0.306 e. The molecule has 0 unspecified atom stereocenters. The molecule has 1 aliphatic heterocycles. The van der Waals surface area contributed by atoms with Crippen LogP contribution in [0.5, 0.6) is 0 Å². The van der Waals surface area contributed by atoms with E-state index in [1.54, 1.807) is 12.7 Å². The summed E-state index contributed by atoms with van der Waals surface area (Å²) < 4.78 is 3.94. The number of imidazole rings is 2. The van der Waals surface area contributed by atoms with E-state index in [2.05, 4.69) is 45.1 Å². The topological polar surface area (TPSA) is 248 Å². The van der Waals surface area contributed by atoms with Crippen LogP contribution in [-0.4, -0.2) is 85.0 Å². The number of fused-ring (bicyclic) bond motifs is 2. The summed E-state index contributed by atoms with van der Waals surface area (Å²) in [4.78, 5) is 55.7. The van der Waals surface area contributed by atoms with Gasteiger partial charge in [-0.15, -0.1) is 11.3 Å². The van der Waals surface area contributed by atoms with Crippen molar-refractivity contribution < 1.29 is 14.7 Å². The molecule has 53 heavy (non-hydrogen) atoms. The van der Waals surface area contributed by atoms with Gasteiger partial charge >= 0.3 is 5.97 Å². The highest BCUT2D eigenvalue weighted by molar-refractivity contribution is 7.13. The highest BCUT2D eigenvalue weighted by Crippen LogP contribution is 2.36. The first-order valence-corrected chi connectivity index (χ1v) is 19.4. The van der Waals surface area contributed by atoms with Crippen molar-refractivity contribution >= 4 is 85.5 Å². The zero-order valence-electron chi connectivity index (χ0n) is 28.9. The van der Waals surface area contributed by atoms with E-state index in [0.717, 1.165) is 76.7 Å². The van der Waals surface area contributed by atoms with Crippen LogP contribution in [0.4, 0.5) is 16.8 Å². The fourth-order valence-electron chi connectivity index (χ4n) is 7.56. The number of nitrogen functional groups attached to an aromatic ring is 2. The maximum Gasteiger partial charge on any atom is 0.306 e. The Labute approximate surface area is 318 Å². The molecule has 2 aliphatic carbocycles. The molecule has 20 heteroatoms. The normalized spacial score (nSPS) is 22.8. The van der Waals surface area contributed by atoms with E-state index in [1.807, 2.05) is 14.5 Å². The molecular weight excluding hydrogens is 743 g/mol. The average molecular weight is 786 g/mol. The number of hydrogen-bond acceptors (Lipinski definition) is 14. The standard InChI is InChI=1S/C21H28ClN9OS.C12H14ClN5O2/c22-20-27-17(24)16-18(28-20)31(11-25-16)15-3-1-12(2-4-15)19(32)29-21-26-14(10-33-21)9-30-7-5-13(23)6-8-30;13-12-16-9(14)8-10(17-12)18(5-15-8)7-3-1-6(2-4-7)11(19)20/h10-13,15H,1-9,23H2,(H2,24,27,28)(H,26,29,32);5-7H,1-4H2,(H,19,20)(H2,14,16,17). The second kappa shape index (κ2) is 16.0. The highest BCUT2D eigenvalue weighted by atomic mass is 35.5. The van der Waals surface area contributed by atoms with Gasteiger partial charge in [-0.2, -0.15) is 19.9 Å². The van der Waals surface area contributed by atoms with Gasteiger partial charge in [-0.05, 0) is 87.4 Å². The summed E-state index contributed by atoms with van der Waals surface area (Å²) in [6, 6.07) is 0.702. The maximum absolute atomic E-state index is 12.9. The lowest BCUT2D eigenvalue weighted by Crippen LogP contribution is -2.39. The number of carboxylic acid groups (broad SMARTS) is 1. The van der Waals surface area contributed by atoms with E-state index in [1.165, 1.54) is 11.3 Å². The Morgan fingerprint density at radius 2 is 1.28 bits per heavy atom. The predicted octanol–water partition coefficient (Wildman–Crippen LogP) is 4.69. The summed E-state index contributed by atoms with van der Waals surface area (Å²) in [7, 11) is 0. The van der Waals surface area contributed by atoms with Crippen LogP contribution in [0.25, 0.3) is 22.3 Å². The molecule has 0 spiro atoms. The van der Waals surface area contributed by atoms with Crippen LogP contribution in [0.15, 0.2) is 18.0 Å². The Hall–Kier alpha value is -4.23. The van der Waals surface area contributed by atoms with E-state index in [-0.39, 0.29) is 52.0 Å². The van der Waals surface area contributed by atoms with Crippen molar-refractivity contribution in [2.45, 2.75) is 88.9 Å². The van der Waals surface area contributed by atoms with Crippen LogP contribution in [0, 0.1) is 11.8 Å². The van der Waals surface area contributed by atoms with Gasteiger partial charge in [-0.25, -0.2) is 15.0 Å². The minimum Gasteiger partial charge on any atom is -0.481 e. The quantitative estimate of drug-likeness (QED) is 0.141. The van der Waals surface area contributed by atoms with Crippen LogP contribution in [0.2, 0.25) is 10.6 Å². The van der Waals surface area contributed by atoms with E-state index in [4.69, 9.17) is 45.5 Å². The molecule has 0 radical (unpaired) electrons. The van der Waals surface area contributed by atoms with Crippen molar-refractivity contribution in [3.05, 3.63) is 34.3 Å². The summed E-state index contributed by atoms with van der Waals surface area (Å²) >= 11 is 13.3. The third-order valence-electron chi connectivity index (χ3n) is 10.5. The second-order valence-corrected chi connectivity index (χ2v) is 15.5. The zero-order valence-corrected chi connectivity index (χ0v) is 31.3. The van der Waals surface area contributed by atoms with E-state index < -0.39 is 5.97 Å². The van der Waals surface area contributed by atoms with Gasteiger partial charge in [0.1, 0.15) is 11.0 Å². The zero-order chi connectivity index (χ0) is 37.2. The van der Waals surface area contributed by atoms with Gasteiger partial charge < -0.3 is 36.8 Å². The summed E-state index contributed by atoms with van der Waals surface area (Å²) in [5.41, 5.74) is 21.0. The number of aliphatic carboxylic acids is 1. The number of rotatable bonds is 7. The SMILES string of the molecule is Nc1nc(Cl)nc2c1ncn2C1CCC(C(=O)Nc2nc(CN3CCC(N)CC3)cs2)CC1.Nc1nc(Cl)nc2c1ncn2C1CCC(C(=O)O)CC1. The summed E-state index contributed by atoms with van der Waals surface area (Å²) in [6.07, 6.45) is 11.6. The molecule has 1 saturated heterocycles. The molecule has 0 bridgehead atoms. The lowest BCUT2D eigenvalue weighted by molar-refractivity contribution is -0.143. The number of carboxylic acids is 1. The van der Waals surface area contributed by atoms with Crippen molar-refractivity contribution in [3.63, 3.8) is 0 Å². The number of anilines is 3. The third kappa shape index (κ3) is 8.46. The Bertz CT molecular complexity index is 2080. The number of halogens is 2. The number of aromatic nitrogens is 9. The molecule has 2 saturated carbocycles. The molecule has 5 aromatic heterocycles. The van der Waals surface area contributed by atoms with E-state index >= 15 is 0 Å². The number of likely N-dealkylation sites (tertiary alicyclic amines) is 1. The van der Waals surface area contributed by atoms with Crippen molar-refractivity contribution in [2.24, 2.45) is 17.6 Å². The number of carbonyl (C=O) groups is 2. The number of nitrogens with zero attached hydrogens (tertiary/aromatic N) is 10. The third-order valence-corrected chi connectivity index (χ3v) is 11.7. The summed E-state index contributed by atoms with van der Waals surface area (Å²) in [6.45, 7) is 2.81. The minimum absolute atomic E-state index is 0.0322. The lowest BCUT2D eigenvalue weighted by Gasteiger charge is -2.29. The van der Waals surface area contributed by atoms with Crippen molar-refractivity contribution in [2.75, 3.05) is 29.9 Å². The number of amides is 1. The molecule has 3 aliphatic rings. The van der Waals surface area contributed by atoms with Gasteiger partial charge in [0.05, 0.1) is 24.3 Å². The molecule has 0 atom stereocenters. The maximum atomic E-state index is 12.9. The average Bonchev–Trinajstić information content (AvgIpc) is 3.89. The van der Waals surface area contributed by atoms with Gasteiger partial charge in [0.25, 0.3) is 0 Å². The molecule has 8 N–H and O–H groups in total. The summed E-state index contributed by atoms with van der Waals surface area (Å²) in [5.74, 6) is -0.405. The largest absolute Gasteiger partial charge is 0.481 e. The number of thiazole rings is 1. The number of piperidine rings is 1. The molecule has 5 aromatic rings.